The lowest BCUT2D eigenvalue weighted by Gasteiger charge is -2.14. The first-order valence-electron chi connectivity index (χ1n) is 3.81. The van der Waals surface area contributed by atoms with Crippen LogP contribution in [-0.4, -0.2) is 32.6 Å². The standard InChI is InChI=1S/C7H12INO3/c1-9-12-4-6-2-3-10-7(6)5-11-8/h6-7H,1-5H2. The topological polar surface area (TPSA) is 40.0 Å². The molecule has 0 saturated carbocycles. The summed E-state index contributed by atoms with van der Waals surface area (Å²) in [6.45, 7) is 5.23. The minimum absolute atomic E-state index is 0.156. The van der Waals surface area contributed by atoms with Gasteiger partial charge in [-0.05, 0) is 6.42 Å². The predicted octanol–water partition coefficient (Wildman–Crippen LogP) is 1.39. The van der Waals surface area contributed by atoms with E-state index in [9.17, 15) is 0 Å². The molecule has 2 unspecified atom stereocenters. The fourth-order valence-corrected chi connectivity index (χ4v) is 1.63. The number of nitrogens with zero attached hydrogens (tertiary/aromatic N) is 1. The first kappa shape index (κ1) is 10.2. The van der Waals surface area contributed by atoms with E-state index < -0.39 is 0 Å². The van der Waals surface area contributed by atoms with E-state index in [4.69, 9.17) is 12.6 Å². The molecular weight excluding hydrogens is 273 g/mol. The Hall–Kier alpha value is 0.120. The molecule has 0 aliphatic carbocycles. The maximum atomic E-state index is 5.43. The quantitative estimate of drug-likeness (QED) is 0.435. The number of hydrogen-bond donors (Lipinski definition) is 0. The van der Waals surface area contributed by atoms with Crippen LogP contribution in [0.15, 0.2) is 5.16 Å². The van der Waals surface area contributed by atoms with Crippen LogP contribution >= 0.6 is 23.0 Å². The minimum atomic E-state index is 0.156. The Morgan fingerprint density at radius 1 is 1.58 bits per heavy atom. The molecule has 0 spiro atoms. The van der Waals surface area contributed by atoms with Gasteiger partial charge < -0.3 is 12.6 Å². The molecule has 4 nitrogen and oxygen atoms in total. The fourth-order valence-electron chi connectivity index (χ4n) is 1.28. The van der Waals surface area contributed by atoms with Gasteiger partial charge in [0.05, 0.1) is 12.7 Å². The highest BCUT2D eigenvalue weighted by atomic mass is 127. The predicted molar refractivity (Wildman–Crippen MR) is 53.3 cm³/mol. The maximum absolute atomic E-state index is 5.43. The molecule has 70 valence electrons. The van der Waals surface area contributed by atoms with Crippen molar-refractivity contribution < 1.29 is 12.6 Å². The van der Waals surface area contributed by atoms with E-state index in [1.165, 1.54) is 0 Å². The summed E-state index contributed by atoms with van der Waals surface area (Å²) in [7, 11) is 0. The van der Waals surface area contributed by atoms with Crippen LogP contribution in [-0.2, 0) is 12.6 Å². The van der Waals surface area contributed by atoms with Crippen molar-refractivity contribution in [2.75, 3.05) is 19.8 Å². The Kier molecular flexibility index (Phi) is 4.86. The fraction of sp³-hybridized carbons (Fsp3) is 0.857. The molecule has 1 aliphatic heterocycles. The second-order valence-corrected chi connectivity index (χ2v) is 3.28. The zero-order valence-electron chi connectivity index (χ0n) is 6.74. The lowest BCUT2D eigenvalue weighted by Crippen LogP contribution is -2.23. The van der Waals surface area contributed by atoms with E-state index in [0.29, 0.717) is 19.1 Å². The molecule has 5 heteroatoms. The van der Waals surface area contributed by atoms with Crippen molar-refractivity contribution in [3.8, 4) is 0 Å². The van der Waals surface area contributed by atoms with E-state index in [1.807, 2.05) is 23.0 Å². The molecule has 12 heavy (non-hydrogen) atoms. The number of ether oxygens (including phenoxy) is 1. The lowest BCUT2D eigenvalue weighted by molar-refractivity contribution is 0.0277. The zero-order chi connectivity index (χ0) is 8.81. The summed E-state index contributed by atoms with van der Waals surface area (Å²) in [4.78, 5) is 4.87. The van der Waals surface area contributed by atoms with Crippen LogP contribution in [0.5, 0.6) is 0 Å². The number of oxime groups is 1. The Morgan fingerprint density at radius 2 is 2.42 bits per heavy atom. The van der Waals surface area contributed by atoms with E-state index in [-0.39, 0.29) is 6.10 Å². The van der Waals surface area contributed by atoms with Gasteiger partial charge in [0, 0.05) is 19.2 Å². The van der Waals surface area contributed by atoms with Gasteiger partial charge in [-0.25, -0.2) is 0 Å². The van der Waals surface area contributed by atoms with Crippen LogP contribution in [0.25, 0.3) is 0 Å². The summed E-state index contributed by atoms with van der Waals surface area (Å²) in [5.41, 5.74) is 0. The van der Waals surface area contributed by atoms with Gasteiger partial charge in [-0.3, -0.25) is 0 Å². The van der Waals surface area contributed by atoms with E-state index in [1.54, 1.807) is 0 Å². The summed E-state index contributed by atoms with van der Waals surface area (Å²) in [6, 6.07) is 0. The van der Waals surface area contributed by atoms with Gasteiger partial charge in [-0.15, -0.1) is 5.16 Å². The molecule has 0 radical (unpaired) electrons. The summed E-state index contributed by atoms with van der Waals surface area (Å²) >= 11 is 1.87. The normalized spacial score (nSPS) is 28.8. The van der Waals surface area contributed by atoms with Crippen LogP contribution in [0.2, 0.25) is 0 Å². The van der Waals surface area contributed by atoms with Gasteiger partial charge in [0.25, 0.3) is 0 Å². The van der Waals surface area contributed by atoms with Crippen molar-refractivity contribution in [1.82, 2.24) is 0 Å². The summed E-state index contributed by atoms with van der Waals surface area (Å²) < 4.78 is 10.4. The van der Waals surface area contributed by atoms with E-state index >= 15 is 0 Å². The third-order valence-corrected chi connectivity index (χ3v) is 2.31. The molecule has 0 N–H and O–H groups in total. The van der Waals surface area contributed by atoms with Crippen LogP contribution in [0.4, 0.5) is 0 Å². The number of halogens is 1. The average molecular weight is 285 g/mol. The molecule has 1 fully saturated rings. The van der Waals surface area contributed by atoms with Gasteiger partial charge in [-0.1, -0.05) is 0 Å². The van der Waals surface area contributed by atoms with Crippen molar-refractivity contribution in [2.24, 2.45) is 11.1 Å². The molecule has 0 bridgehead atoms. The number of hydrogen-bond acceptors (Lipinski definition) is 4. The van der Waals surface area contributed by atoms with Gasteiger partial charge in [0.1, 0.15) is 29.6 Å². The van der Waals surface area contributed by atoms with Crippen LogP contribution in [0.1, 0.15) is 6.42 Å². The SMILES string of the molecule is C=NOCC1CCOC1COI. The van der Waals surface area contributed by atoms with Crippen LogP contribution in [0, 0.1) is 5.92 Å². The van der Waals surface area contributed by atoms with Crippen LogP contribution < -0.4 is 0 Å². The maximum Gasteiger partial charge on any atom is 0.122 e. The summed E-state index contributed by atoms with van der Waals surface area (Å²) in [6.07, 6.45) is 1.17. The highest BCUT2D eigenvalue weighted by molar-refractivity contribution is 14.1. The third-order valence-electron chi connectivity index (χ3n) is 1.95. The highest BCUT2D eigenvalue weighted by Crippen LogP contribution is 2.22. The molecule has 0 aromatic rings. The zero-order valence-corrected chi connectivity index (χ0v) is 8.90. The van der Waals surface area contributed by atoms with Crippen molar-refractivity contribution in [3.63, 3.8) is 0 Å². The molecular formula is C7H12INO3. The molecule has 1 saturated heterocycles. The Balaban J connectivity index is 2.25. The van der Waals surface area contributed by atoms with Crippen molar-refractivity contribution in [2.45, 2.75) is 12.5 Å². The smallest absolute Gasteiger partial charge is 0.122 e. The Bertz CT molecular complexity index is 145. The molecule has 0 aromatic heterocycles. The lowest BCUT2D eigenvalue weighted by atomic mass is 10.0. The van der Waals surface area contributed by atoms with Crippen LogP contribution in [0.3, 0.4) is 0 Å². The molecule has 2 atom stereocenters. The molecule has 0 aromatic carbocycles. The van der Waals surface area contributed by atoms with Gasteiger partial charge >= 0.3 is 0 Å². The Labute approximate surface area is 85.9 Å². The molecule has 1 heterocycles. The summed E-state index contributed by atoms with van der Waals surface area (Å²) in [5.74, 6) is 0.394. The van der Waals surface area contributed by atoms with Crippen molar-refractivity contribution in [3.05, 3.63) is 0 Å². The van der Waals surface area contributed by atoms with Crippen molar-refractivity contribution in [1.29, 1.82) is 0 Å². The second kappa shape index (κ2) is 5.71. The highest BCUT2D eigenvalue weighted by Gasteiger charge is 2.28. The monoisotopic (exact) mass is 285 g/mol. The van der Waals surface area contributed by atoms with Gasteiger partial charge in [0.2, 0.25) is 0 Å². The minimum Gasteiger partial charge on any atom is -0.396 e. The number of rotatable bonds is 5. The van der Waals surface area contributed by atoms with Gasteiger partial charge in [-0.2, -0.15) is 0 Å². The molecule has 1 rings (SSSR count). The second-order valence-electron chi connectivity index (χ2n) is 2.66. The first-order valence-corrected chi connectivity index (χ1v) is 4.69. The first-order chi connectivity index (χ1) is 5.88. The van der Waals surface area contributed by atoms with Crippen molar-refractivity contribution >= 4 is 29.7 Å². The Morgan fingerprint density at radius 3 is 3.08 bits per heavy atom. The van der Waals surface area contributed by atoms with E-state index in [0.717, 1.165) is 13.0 Å². The molecule has 1 aliphatic rings. The largest absolute Gasteiger partial charge is 0.396 e. The van der Waals surface area contributed by atoms with E-state index in [2.05, 4.69) is 11.9 Å². The average Bonchev–Trinajstić information content (AvgIpc) is 2.50. The molecule has 0 amide bonds. The third kappa shape index (κ3) is 2.87. The van der Waals surface area contributed by atoms with Gasteiger partial charge in [0.15, 0.2) is 0 Å². The summed E-state index contributed by atoms with van der Waals surface area (Å²) in [5, 5.41) is 3.35.